The number of hydrogen-bond donors (Lipinski definition) is 1. The van der Waals surface area contributed by atoms with Gasteiger partial charge in [-0.1, -0.05) is 5.16 Å². The Bertz CT molecular complexity index is 429. The van der Waals surface area contributed by atoms with E-state index in [9.17, 15) is 0 Å². The summed E-state index contributed by atoms with van der Waals surface area (Å²) in [5.41, 5.74) is 0. The molecule has 0 spiro atoms. The van der Waals surface area contributed by atoms with Crippen molar-refractivity contribution < 1.29 is 4.52 Å². The second kappa shape index (κ2) is 6.20. The van der Waals surface area contributed by atoms with E-state index in [2.05, 4.69) is 39.4 Å². The Hall–Kier alpha value is -0.980. The topological polar surface area (TPSA) is 57.4 Å². The fourth-order valence-corrected chi connectivity index (χ4v) is 3.12. The molecular weight excluding hydrogens is 254 g/mol. The Balaban J connectivity index is 1.63. The Morgan fingerprint density at radius 1 is 1.35 bits per heavy atom. The van der Waals surface area contributed by atoms with Crippen molar-refractivity contribution >= 4 is 0 Å². The molecule has 1 aromatic heterocycles. The number of piperazine rings is 1. The third kappa shape index (κ3) is 3.19. The number of hydrogen-bond acceptors (Lipinski definition) is 6. The second-order valence-corrected chi connectivity index (χ2v) is 6.22. The maximum Gasteiger partial charge on any atom is 0.227 e. The monoisotopic (exact) mass is 279 g/mol. The molecule has 20 heavy (non-hydrogen) atoms. The van der Waals surface area contributed by atoms with Crippen molar-refractivity contribution in [2.24, 2.45) is 5.92 Å². The van der Waals surface area contributed by atoms with E-state index in [4.69, 9.17) is 4.52 Å². The minimum Gasteiger partial charge on any atom is -0.339 e. The van der Waals surface area contributed by atoms with Crippen molar-refractivity contribution in [1.82, 2.24) is 25.3 Å². The average Bonchev–Trinajstić information content (AvgIpc) is 2.91. The number of aromatic nitrogens is 2. The van der Waals surface area contributed by atoms with Gasteiger partial charge in [0.2, 0.25) is 5.89 Å². The van der Waals surface area contributed by atoms with Crippen molar-refractivity contribution in [1.29, 1.82) is 0 Å². The minimum absolute atomic E-state index is 0.260. The fraction of sp³-hybridized carbons (Fsp3) is 0.857. The van der Waals surface area contributed by atoms with Gasteiger partial charge in [0.1, 0.15) is 0 Å². The number of rotatable bonds is 3. The van der Waals surface area contributed by atoms with Crippen LogP contribution in [0.25, 0.3) is 0 Å². The van der Waals surface area contributed by atoms with Gasteiger partial charge in [0, 0.05) is 26.1 Å². The van der Waals surface area contributed by atoms with Crippen molar-refractivity contribution in [3.63, 3.8) is 0 Å². The molecule has 2 atom stereocenters. The Labute approximate surface area is 120 Å². The van der Waals surface area contributed by atoms with Gasteiger partial charge in [-0.15, -0.1) is 0 Å². The average molecular weight is 279 g/mol. The normalized spacial score (nSPS) is 29.7. The first-order valence-electron chi connectivity index (χ1n) is 7.64. The molecule has 3 heterocycles. The third-order valence-corrected chi connectivity index (χ3v) is 4.50. The summed E-state index contributed by atoms with van der Waals surface area (Å²) < 4.78 is 5.47. The van der Waals surface area contributed by atoms with Crippen molar-refractivity contribution in [2.45, 2.75) is 25.3 Å². The zero-order valence-corrected chi connectivity index (χ0v) is 12.5. The SMILES string of the molecule is CN1CCN(C)C(c2noc(CC3CCCNC3)n2)C1. The van der Waals surface area contributed by atoms with Crippen LogP contribution in [0.3, 0.4) is 0 Å². The summed E-state index contributed by atoms with van der Waals surface area (Å²) >= 11 is 0. The van der Waals surface area contributed by atoms with Gasteiger partial charge in [0.25, 0.3) is 0 Å². The molecule has 0 bridgehead atoms. The van der Waals surface area contributed by atoms with E-state index < -0.39 is 0 Å². The van der Waals surface area contributed by atoms with Crippen LogP contribution < -0.4 is 5.32 Å². The molecule has 2 fully saturated rings. The Morgan fingerprint density at radius 3 is 3.05 bits per heavy atom. The summed E-state index contributed by atoms with van der Waals surface area (Å²) in [6.07, 6.45) is 3.42. The van der Waals surface area contributed by atoms with Gasteiger partial charge in [-0.3, -0.25) is 4.90 Å². The van der Waals surface area contributed by atoms with Gasteiger partial charge in [0.15, 0.2) is 5.82 Å². The van der Waals surface area contributed by atoms with Crippen LogP contribution in [0.4, 0.5) is 0 Å². The van der Waals surface area contributed by atoms with E-state index in [1.54, 1.807) is 0 Å². The fourth-order valence-electron chi connectivity index (χ4n) is 3.12. The van der Waals surface area contributed by atoms with Crippen molar-refractivity contribution in [3.8, 4) is 0 Å². The molecule has 6 nitrogen and oxygen atoms in total. The zero-order valence-electron chi connectivity index (χ0n) is 12.5. The van der Waals surface area contributed by atoms with E-state index in [1.165, 1.54) is 12.8 Å². The lowest BCUT2D eigenvalue weighted by Gasteiger charge is -2.35. The second-order valence-electron chi connectivity index (χ2n) is 6.22. The molecule has 1 aromatic rings. The molecule has 2 unspecified atom stereocenters. The van der Waals surface area contributed by atoms with Crippen molar-refractivity contribution in [3.05, 3.63) is 11.7 Å². The van der Waals surface area contributed by atoms with Gasteiger partial charge in [-0.25, -0.2) is 0 Å². The molecule has 0 aliphatic carbocycles. The first-order chi connectivity index (χ1) is 9.72. The predicted molar refractivity (Wildman–Crippen MR) is 76.5 cm³/mol. The lowest BCUT2D eigenvalue weighted by Crippen LogP contribution is -2.45. The van der Waals surface area contributed by atoms with Crippen LogP contribution in [0.15, 0.2) is 4.52 Å². The van der Waals surface area contributed by atoms with Gasteiger partial charge < -0.3 is 14.7 Å². The molecule has 2 saturated heterocycles. The van der Waals surface area contributed by atoms with E-state index in [-0.39, 0.29) is 6.04 Å². The smallest absolute Gasteiger partial charge is 0.227 e. The van der Waals surface area contributed by atoms with Crippen LogP contribution in [-0.4, -0.2) is 66.8 Å². The summed E-state index contributed by atoms with van der Waals surface area (Å²) in [6, 6.07) is 0.260. The van der Waals surface area contributed by atoms with E-state index >= 15 is 0 Å². The molecule has 3 rings (SSSR count). The van der Waals surface area contributed by atoms with Gasteiger partial charge >= 0.3 is 0 Å². The molecular formula is C14H25N5O. The van der Waals surface area contributed by atoms with Crippen LogP contribution in [0.5, 0.6) is 0 Å². The molecule has 6 heteroatoms. The van der Waals surface area contributed by atoms with Crippen LogP contribution in [0.1, 0.15) is 30.6 Å². The first-order valence-corrected chi connectivity index (χ1v) is 7.64. The van der Waals surface area contributed by atoms with Crippen LogP contribution in [0, 0.1) is 5.92 Å². The highest BCUT2D eigenvalue weighted by Gasteiger charge is 2.28. The number of nitrogens with one attached hydrogen (secondary N) is 1. The minimum atomic E-state index is 0.260. The summed E-state index contributed by atoms with van der Waals surface area (Å²) in [5, 5.41) is 7.65. The standard InChI is InChI=1S/C14H25N5O/c1-18-6-7-19(2)12(10-18)14-16-13(20-17-14)8-11-4-3-5-15-9-11/h11-12,15H,3-10H2,1-2H3. The van der Waals surface area contributed by atoms with Crippen molar-refractivity contribution in [2.75, 3.05) is 46.8 Å². The number of piperidine rings is 1. The summed E-state index contributed by atoms with van der Waals surface area (Å²) in [7, 11) is 4.29. The molecule has 0 saturated carbocycles. The summed E-state index contributed by atoms with van der Waals surface area (Å²) in [6.45, 7) is 5.35. The lowest BCUT2D eigenvalue weighted by molar-refractivity contribution is 0.108. The molecule has 0 amide bonds. The maximum absolute atomic E-state index is 5.47. The van der Waals surface area contributed by atoms with E-state index in [0.29, 0.717) is 5.92 Å². The van der Waals surface area contributed by atoms with Crippen LogP contribution in [-0.2, 0) is 6.42 Å². The van der Waals surface area contributed by atoms with Gasteiger partial charge in [0.05, 0.1) is 6.04 Å². The zero-order chi connectivity index (χ0) is 13.9. The molecule has 0 aromatic carbocycles. The predicted octanol–water partition coefficient (Wildman–Crippen LogP) is 0.530. The summed E-state index contributed by atoms with van der Waals surface area (Å²) in [5.74, 6) is 2.29. The van der Waals surface area contributed by atoms with E-state index in [0.717, 1.165) is 50.9 Å². The highest BCUT2D eigenvalue weighted by atomic mass is 16.5. The van der Waals surface area contributed by atoms with Crippen LogP contribution >= 0.6 is 0 Å². The lowest BCUT2D eigenvalue weighted by atomic mass is 9.96. The Kier molecular flexibility index (Phi) is 4.33. The van der Waals surface area contributed by atoms with Gasteiger partial charge in [-0.05, 0) is 45.9 Å². The maximum atomic E-state index is 5.47. The highest BCUT2D eigenvalue weighted by molar-refractivity contribution is 4.98. The quantitative estimate of drug-likeness (QED) is 0.871. The van der Waals surface area contributed by atoms with Gasteiger partial charge in [-0.2, -0.15) is 4.98 Å². The summed E-state index contributed by atoms with van der Waals surface area (Å²) in [4.78, 5) is 9.28. The largest absolute Gasteiger partial charge is 0.339 e. The molecule has 1 N–H and O–H groups in total. The number of nitrogens with zero attached hydrogens (tertiary/aromatic N) is 4. The molecule has 0 radical (unpaired) electrons. The van der Waals surface area contributed by atoms with E-state index in [1.807, 2.05) is 0 Å². The third-order valence-electron chi connectivity index (χ3n) is 4.50. The van der Waals surface area contributed by atoms with Crippen LogP contribution in [0.2, 0.25) is 0 Å². The molecule has 2 aliphatic rings. The highest BCUT2D eigenvalue weighted by Crippen LogP contribution is 2.22. The number of likely N-dealkylation sites (N-methyl/N-ethyl adjacent to an activating group) is 2. The Morgan fingerprint density at radius 2 is 2.25 bits per heavy atom. The molecule has 112 valence electrons. The first kappa shape index (κ1) is 14.0. The molecule has 2 aliphatic heterocycles.